The van der Waals surface area contributed by atoms with Crippen molar-refractivity contribution in [3.63, 3.8) is 0 Å². The van der Waals surface area contributed by atoms with Gasteiger partial charge >= 0.3 is 0 Å². The molecule has 0 aliphatic carbocycles. The number of anilines is 1. The van der Waals surface area contributed by atoms with Gasteiger partial charge in [0.15, 0.2) is 0 Å². The first-order valence-corrected chi connectivity index (χ1v) is 6.14. The first-order valence-electron chi connectivity index (χ1n) is 4.98. The summed E-state index contributed by atoms with van der Waals surface area (Å²) in [7, 11) is 0. The van der Waals surface area contributed by atoms with E-state index in [4.69, 9.17) is 35.4 Å². The number of nitrogens with one attached hydrogen (secondary N) is 1. The molecular formula is C13H9Cl2NS. The standard InChI is InChI=1S/C13H9Cl2NS/c14-9-6-7-11(12(15)8-9)13(17)16-10-4-2-1-3-5-10/h1-8H,(H,16,17). The maximum Gasteiger partial charge on any atom is 0.112 e. The summed E-state index contributed by atoms with van der Waals surface area (Å²) >= 11 is 17.2. The Labute approximate surface area is 115 Å². The van der Waals surface area contributed by atoms with E-state index < -0.39 is 0 Å². The minimum atomic E-state index is 0.547. The Bertz CT molecular complexity index is 540. The van der Waals surface area contributed by atoms with Gasteiger partial charge in [-0.05, 0) is 30.3 Å². The van der Waals surface area contributed by atoms with Gasteiger partial charge in [0.2, 0.25) is 0 Å². The molecule has 0 aromatic heterocycles. The van der Waals surface area contributed by atoms with E-state index in [0.717, 1.165) is 11.3 Å². The minimum absolute atomic E-state index is 0.547. The average Bonchev–Trinajstić information content (AvgIpc) is 2.30. The van der Waals surface area contributed by atoms with Gasteiger partial charge < -0.3 is 5.32 Å². The first kappa shape index (κ1) is 12.4. The minimum Gasteiger partial charge on any atom is -0.346 e. The number of thiocarbonyl (C=S) groups is 1. The molecule has 2 aromatic carbocycles. The Morgan fingerprint density at radius 1 is 1.00 bits per heavy atom. The molecule has 0 saturated heterocycles. The second-order valence-corrected chi connectivity index (χ2v) is 4.70. The largest absolute Gasteiger partial charge is 0.346 e. The molecule has 86 valence electrons. The summed E-state index contributed by atoms with van der Waals surface area (Å²) in [6.07, 6.45) is 0. The van der Waals surface area contributed by atoms with E-state index in [-0.39, 0.29) is 0 Å². The summed E-state index contributed by atoms with van der Waals surface area (Å²) in [6.45, 7) is 0. The van der Waals surface area contributed by atoms with E-state index in [2.05, 4.69) is 5.32 Å². The highest BCUT2D eigenvalue weighted by atomic mass is 35.5. The van der Waals surface area contributed by atoms with Crippen molar-refractivity contribution < 1.29 is 0 Å². The Balaban J connectivity index is 2.21. The Morgan fingerprint density at radius 2 is 1.71 bits per heavy atom. The van der Waals surface area contributed by atoms with Gasteiger partial charge in [-0.3, -0.25) is 0 Å². The van der Waals surface area contributed by atoms with Crippen molar-refractivity contribution in [2.45, 2.75) is 0 Å². The molecule has 0 radical (unpaired) electrons. The van der Waals surface area contributed by atoms with Crippen LogP contribution >= 0.6 is 35.4 Å². The topological polar surface area (TPSA) is 12.0 Å². The number of hydrogen-bond donors (Lipinski definition) is 1. The van der Waals surface area contributed by atoms with Gasteiger partial charge in [0.1, 0.15) is 4.99 Å². The molecule has 1 N–H and O–H groups in total. The van der Waals surface area contributed by atoms with Crippen molar-refractivity contribution in [2.24, 2.45) is 0 Å². The van der Waals surface area contributed by atoms with Gasteiger partial charge in [-0.2, -0.15) is 0 Å². The zero-order valence-corrected chi connectivity index (χ0v) is 11.1. The third kappa shape index (κ3) is 3.19. The van der Waals surface area contributed by atoms with Gasteiger partial charge in [0, 0.05) is 16.3 Å². The summed E-state index contributed by atoms with van der Waals surface area (Å²) < 4.78 is 0. The zero-order chi connectivity index (χ0) is 12.3. The van der Waals surface area contributed by atoms with Crippen molar-refractivity contribution in [1.82, 2.24) is 0 Å². The van der Waals surface area contributed by atoms with Crippen LogP contribution in [0.2, 0.25) is 10.0 Å². The lowest BCUT2D eigenvalue weighted by molar-refractivity contribution is 1.61. The highest BCUT2D eigenvalue weighted by Gasteiger charge is 2.06. The van der Waals surface area contributed by atoms with E-state index in [1.165, 1.54) is 0 Å². The van der Waals surface area contributed by atoms with Gasteiger partial charge in [0.25, 0.3) is 0 Å². The molecule has 0 atom stereocenters. The quantitative estimate of drug-likeness (QED) is 0.795. The fourth-order valence-electron chi connectivity index (χ4n) is 1.39. The maximum absolute atomic E-state index is 6.08. The number of halogens is 2. The van der Waals surface area contributed by atoms with Crippen molar-refractivity contribution in [3.8, 4) is 0 Å². The Morgan fingerprint density at radius 3 is 2.35 bits per heavy atom. The van der Waals surface area contributed by atoms with Gasteiger partial charge in [0.05, 0.1) is 5.02 Å². The first-order chi connectivity index (χ1) is 8.16. The van der Waals surface area contributed by atoms with Crippen molar-refractivity contribution >= 4 is 46.1 Å². The third-order valence-electron chi connectivity index (χ3n) is 2.21. The Kier molecular flexibility index (Phi) is 4.00. The molecule has 2 aromatic rings. The second-order valence-electron chi connectivity index (χ2n) is 3.44. The smallest absolute Gasteiger partial charge is 0.112 e. The van der Waals surface area contributed by atoms with Crippen LogP contribution in [0.4, 0.5) is 5.69 Å². The Hall–Kier alpha value is -1.09. The van der Waals surface area contributed by atoms with E-state index in [0.29, 0.717) is 15.0 Å². The fourth-order valence-corrected chi connectivity index (χ4v) is 2.25. The summed E-state index contributed by atoms with van der Waals surface area (Å²) in [5.74, 6) is 0. The molecule has 0 aliphatic rings. The molecule has 0 heterocycles. The molecule has 2 rings (SSSR count). The summed E-state index contributed by atoms with van der Waals surface area (Å²) in [5.41, 5.74) is 1.71. The highest BCUT2D eigenvalue weighted by Crippen LogP contribution is 2.22. The van der Waals surface area contributed by atoms with Crippen LogP contribution in [0.1, 0.15) is 5.56 Å². The molecule has 0 unspecified atom stereocenters. The second kappa shape index (κ2) is 5.50. The van der Waals surface area contributed by atoms with Crippen LogP contribution in [0.25, 0.3) is 0 Å². The predicted molar refractivity (Wildman–Crippen MR) is 78.2 cm³/mol. The van der Waals surface area contributed by atoms with Crippen LogP contribution in [0, 0.1) is 0 Å². The normalized spacial score (nSPS) is 10.0. The van der Waals surface area contributed by atoms with Crippen molar-refractivity contribution in [2.75, 3.05) is 5.32 Å². The van der Waals surface area contributed by atoms with Crippen LogP contribution in [0.5, 0.6) is 0 Å². The summed E-state index contributed by atoms with van der Waals surface area (Å²) in [5, 5.41) is 4.27. The van der Waals surface area contributed by atoms with Crippen molar-refractivity contribution in [3.05, 3.63) is 64.1 Å². The molecule has 0 spiro atoms. The number of hydrogen-bond acceptors (Lipinski definition) is 1. The van der Waals surface area contributed by atoms with Gasteiger partial charge in [-0.15, -0.1) is 0 Å². The zero-order valence-electron chi connectivity index (χ0n) is 8.78. The SMILES string of the molecule is S=C(Nc1ccccc1)c1ccc(Cl)cc1Cl. The molecule has 4 heteroatoms. The number of para-hydroxylation sites is 1. The van der Waals surface area contributed by atoms with E-state index in [1.807, 2.05) is 36.4 Å². The highest BCUT2D eigenvalue weighted by molar-refractivity contribution is 7.81. The molecule has 17 heavy (non-hydrogen) atoms. The maximum atomic E-state index is 6.08. The molecule has 0 bridgehead atoms. The van der Waals surface area contributed by atoms with Crippen molar-refractivity contribution in [1.29, 1.82) is 0 Å². The van der Waals surface area contributed by atoms with Crippen LogP contribution in [0.3, 0.4) is 0 Å². The molecule has 0 saturated carbocycles. The van der Waals surface area contributed by atoms with Gasteiger partial charge in [-0.25, -0.2) is 0 Å². The lowest BCUT2D eigenvalue weighted by atomic mass is 10.2. The molecule has 1 nitrogen and oxygen atoms in total. The third-order valence-corrected chi connectivity index (χ3v) is 3.08. The molecule has 0 amide bonds. The van der Waals surface area contributed by atoms with Crippen LogP contribution in [0.15, 0.2) is 48.5 Å². The van der Waals surface area contributed by atoms with E-state index in [1.54, 1.807) is 12.1 Å². The number of benzene rings is 2. The lowest BCUT2D eigenvalue weighted by Crippen LogP contribution is -2.10. The van der Waals surface area contributed by atoms with Crippen LogP contribution in [-0.4, -0.2) is 4.99 Å². The predicted octanol–water partition coefficient (Wildman–Crippen LogP) is 4.78. The molecule has 0 aliphatic heterocycles. The number of rotatable bonds is 2. The van der Waals surface area contributed by atoms with E-state index in [9.17, 15) is 0 Å². The lowest BCUT2D eigenvalue weighted by Gasteiger charge is -2.09. The fraction of sp³-hybridized carbons (Fsp3) is 0. The molecular weight excluding hydrogens is 273 g/mol. The van der Waals surface area contributed by atoms with Crippen LogP contribution < -0.4 is 5.32 Å². The monoisotopic (exact) mass is 281 g/mol. The van der Waals surface area contributed by atoms with Gasteiger partial charge in [-0.1, -0.05) is 53.6 Å². The van der Waals surface area contributed by atoms with E-state index >= 15 is 0 Å². The average molecular weight is 282 g/mol. The van der Waals surface area contributed by atoms with Crippen LogP contribution in [-0.2, 0) is 0 Å². The molecule has 0 fully saturated rings. The summed E-state index contributed by atoms with van der Waals surface area (Å²) in [6, 6.07) is 15.0. The summed E-state index contributed by atoms with van der Waals surface area (Å²) in [4.78, 5) is 0.581.